The first-order chi connectivity index (χ1) is 6.75. The van der Waals surface area contributed by atoms with Gasteiger partial charge in [0.05, 0.1) is 5.02 Å². The molecule has 1 fully saturated rings. The highest BCUT2D eigenvalue weighted by Crippen LogP contribution is 2.34. The molecule has 0 aliphatic carbocycles. The Morgan fingerprint density at radius 3 is 2.86 bits per heavy atom. The zero-order valence-corrected chi connectivity index (χ0v) is 9.92. The number of nitrogens with one attached hydrogen (secondary N) is 1. The van der Waals surface area contributed by atoms with Gasteiger partial charge < -0.3 is 5.32 Å². The first-order valence-corrected chi connectivity index (χ1v) is 6.22. The standard InChI is InChI=1S/C10H11Cl2NS/c11-7-1-2-10(9(12)5-7)14-8-3-4-13-6-8/h1-2,5,8,13H,3-4,6H2/t8-/m0/s1. The Hall–Kier alpha value is 0.110. The van der Waals surface area contributed by atoms with Crippen LogP contribution in [0.3, 0.4) is 0 Å². The van der Waals surface area contributed by atoms with Crippen molar-refractivity contribution in [2.75, 3.05) is 13.1 Å². The van der Waals surface area contributed by atoms with E-state index in [9.17, 15) is 0 Å². The predicted octanol–water partition coefficient (Wildman–Crippen LogP) is 3.45. The third-order valence-electron chi connectivity index (χ3n) is 2.20. The minimum absolute atomic E-state index is 0.647. The lowest BCUT2D eigenvalue weighted by molar-refractivity contribution is 0.858. The molecule has 2 rings (SSSR count). The Balaban J connectivity index is 2.08. The summed E-state index contributed by atoms with van der Waals surface area (Å²) in [6.45, 7) is 2.19. The summed E-state index contributed by atoms with van der Waals surface area (Å²) in [5.41, 5.74) is 0. The summed E-state index contributed by atoms with van der Waals surface area (Å²) in [6.07, 6.45) is 1.21. The van der Waals surface area contributed by atoms with Crippen LogP contribution in [0.5, 0.6) is 0 Å². The number of hydrogen-bond donors (Lipinski definition) is 1. The molecule has 14 heavy (non-hydrogen) atoms. The van der Waals surface area contributed by atoms with Crippen LogP contribution in [0, 0.1) is 0 Å². The van der Waals surface area contributed by atoms with Crippen LogP contribution in [-0.2, 0) is 0 Å². The summed E-state index contributed by atoms with van der Waals surface area (Å²) in [5.74, 6) is 0. The lowest BCUT2D eigenvalue weighted by Crippen LogP contribution is -2.09. The Labute approximate surface area is 98.2 Å². The molecule has 1 N–H and O–H groups in total. The van der Waals surface area contributed by atoms with Gasteiger partial charge in [-0.15, -0.1) is 11.8 Å². The van der Waals surface area contributed by atoms with Gasteiger partial charge in [0.2, 0.25) is 0 Å². The molecule has 1 nitrogen and oxygen atoms in total. The molecule has 1 saturated heterocycles. The van der Waals surface area contributed by atoms with Crippen molar-refractivity contribution in [3.63, 3.8) is 0 Å². The largest absolute Gasteiger partial charge is 0.316 e. The van der Waals surface area contributed by atoms with Crippen molar-refractivity contribution in [1.29, 1.82) is 0 Å². The second-order valence-electron chi connectivity index (χ2n) is 3.31. The van der Waals surface area contributed by atoms with Crippen molar-refractivity contribution in [2.45, 2.75) is 16.6 Å². The van der Waals surface area contributed by atoms with Crippen molar-refractivity contribution >= 4 is 35.0 Å². The van der Waals surface area contributed by atoms with Crippen molar-refractivity contribution in [3.8, 4) is 0 Å². The maximum Gasteiger partial charge on any atom is 0.0556 e. The first-order valence-electron chi connectivity index (χ1n) is 4.58. The van der Waals surface area contributed by atoms with Gasteiger partial charge in [0.25, 0.3) is 0 Å². The van der Waals surface area contributed by atoms with Gasteiger partial charge in [-0.2, -0.15) is 0 Å². The van der Waals surface area contributed by atoms with Crippen LogP contribution in [0.25, 0.3) is 0 Å². The lowest BCUT2D eigenvalue weighted by Gasteiger charge is -2.09. The Morgan fingerprint density at radius 1 is 1.36 bits per heavy atom. The van der Waals surface area contributed by atoms with E-state index in [2.05, 4.69) is 5.32 Å². The fourth-order valence-electron chi connectivity index (χ4n) is 1.48. The van der Waals surface area contributed by atoms with E-state index in [1.807, 2.05) is 23.9 Å². The molecule has 4 heteroatoms. The van der Waals surface area contributed by atoms with Crippen LogP contribution >= 0.6 is 35.0 Å². The third kappa shape index (κ3) is 2.57. The normalized spacial score (nSPS) is 21.4. The zero-order chi connectivity index (χ0) is 9.97. The molecule has 0 saturated carbocycles. The summed E-state index contributed by atoms with van der Waals surface area (Å²) in [7, 11) is 0. The van der Waals surface area contributed by atoms with E-state index in [0.717, 1.165) is 23.0 Å². The maximum absolute atomic E-state index is 6.08. The lowest BCUT2D eigenvalue weighted by atomic mass is 10.4. The summed E-state index contributed by atoms with van der Waals surface area (Å²) in [6, 6.07) is 5.68. The van der Waals surface area contributed by atoms with Crippen LogP contribution in [-0.4, -0.2) is 18.3 Å². The molecular formula is C10H11Cl2NS. The third-order valence-corrected chi connectivity index (χ3v) is 4.21. The van der Waals surface area contributed by atoms with Crippen LogP contribution in [0.1, 0.15) is 6.42 Å². The SMILES string of the molecule is Clc1ccc(S[C@H]2CCNC2)c(Cl)c1. The molecular weight excluding hydrogens is 237 g/mol. The van der Waals surface area contributed by atoms with E-state index >= 15 is 0 Å². The second kappa shape index (κ2) is 4.75. The van der Waals surface area contributed by atoms with Crippen molar-refractivity contribution < 1.29 is 0 Å². The van der Waals surface area contributed by atoms with Crippen LogP contribution in [0.15, 0.2) is 23.1 Å². The highest BCUT2D eigenvalue weighted by molar-refractivity contribution is 8.00. The molecule has 0 spiro atoms. The highest BCUT2D eigenvalue weighted by Gasteiger charge is 2.16. The predicted molar refractivity (Wildman–Crippen MR) is 63.6 cm³/mol. The molecule has 1 heterocycles. The van der Waals surface area contributed by atoms with Gasteiger partial charge in [-0.3, -0.25) is 0 Å². The average molecular weight is 248 g/mol. The van der Waals surface area contributed by atoms with Crippen molar-refractivity contribution in [3.05, 3.63) is 28.2 Å². The molecule has 1 aliphatic heterocycles. The molecule has 0 amide bonds. The fraction of sp³-hybridized carbons (Fsp3) is 0.400. The molecule has 1 aromatic carbocycles. The minimum Gasteiger partial charge on any atom is -0.316 e. The maximum atomic E-state index is 6.08. The molecule has 0 unspecified atom stereocenters. The molecule has 1 aliphatic rings. The number of rotatable bonds is 2. The molecule has 0 aromatic heterocycles. The minimum atomic E-state index is 0.647. The van der Waals surface area contributed by atoms with Crippen LogP contribution in [0.2, 0.25) is 10.0 Å². The van der Waals surface area contributed by atoms with Gasteiger partial charge in [0.15, 0.2) is 0 Å². The molecule has 76 valence electrons. The molecule has 1 atom stereocenters. The van der Waals surface area contributed by atoms with Gasteiger partial charge in [-0.05, 0) is 31.2 Å². The first kappa shape index (κ1) is 10.6. The summed E-state index contributed by atoms with van der Waals surface area (Å²) in [5, 5.41) is 5.44. The van der Waals surface area contributed by atoms with Gasteiger partial charge in [0, 0.05) is 21.7 Å². The Bertz CT molecular complexity index is 324. The van der Waals surface area contributed by atoms with E-state index in [4.69, 9.17) is 23.2 Å². The van der Waals surface area contributed by atoms with Gasteiger partial charge in [-0.1, -0.05) is 23.2 Å². The topological polar surface area (TPSA) is 12.0 Å². The van der Waals surface area contributed by atoms with Crippen molar-refractivity contribution in [1.82, 2.24) is 5.32 Å². The van der Waals surface area contributed by atoms with Crippen LogP contribution in [0.4, 0.5) is 0 Å². The Kier molecular flexibility index (Phi) is 3.61. The number of benzene rings is 1. The summed E-state index contributed by atoms with van der Waals surface area (Å²) >= 11 is 13.7. The Morgan fingerprint density at radius 2 is 2.21 bits per heavy atom. The van der Waals surface area contributed by atoms with E-state index in [1.54, 1.807) is 6.07 Å². The second-order valence-corrected chi connectivity index (χ2v) is 5.49. The van der Waals surface area contributed by atoms with Gasteiger partial charge in [0.1, 0.15) is 0 Å². The molecule has 0 bridgehead atoms. The zero-order valence-electron chi connectivity index (χ0n) is 7.59. The number of thioether (sulfide) groups is 1. The number of halogens is 2. The fourth-order valence-corrected chi connectivity index (χ4v) is 3.14. The van der Waals surface area contributed by atoms with E-state index in [1.165, 1.54) is 6.42 Å². The molecule has 0 radical (unpaired) electrons. The summed E-state index contributed by atoms with van der Waals surface area (Å²) in [4.78, 5) is 1.13. The van der Waals surface area contributed by atoms with Gasteiger partial charge >= 0.3 is 0 Å². The van der Waals surface area contributed by atoms with Gasteiger partial charge in [-0.25, -0.2) is 0 Å². The monoisotopic (exact) mass is 247 g/mol. The van der Waals surface area contributed by atoms with E-state index < -0.39 is 0 Å². The molecule has 1 aromatic rings. The average Bonchev–Trinajstić information content (AvgIpc) is 2.62. The smallest absolute Gasteiger partial charge is 0.0556 e. The van der Waals surface area contributed by atoms with Crippen molar-refractivity contribution in [2.24, 2.45) is 0 Å². The van der Waals surface area contributed by atoms with Crippen LogP contribution < -0.4 is 5.32 Å². The van der Waals surface area contributed by atoms with E-state index in [-0.39, 0.29) is 0 Å². The number of hydrogen-bond acceptors (Lipinski definition) is 2. The highest BCUT2D eigenvalue weighted by atomic mass is 35.5. The summed E-state index contributed by atoms with van der Waals surface area (Å²) < 4.78 is 0. The van der Waals surface area contributed by atoms with E-state index in [0.29, 0.717) is 10.3 Å². The quantitative estimate of drug-likeness (QED) is 0.860.